The van der Waals surface area contributed by atoms with Crippen molar-refractivity contribution >= 4 is 17.7 Å². The van der Waals surface area contributed by atoms with Gasteiger partial charge in [0.1, 0.15) is 6.04 Å². The number of H-pyrrole nitrogens is 1. The van der Waals surface area contributed by atoms with Gasteiger partial charge in [-0.3, -0.25) is 14.4 Å². The van der Waals surface area contributed by atoms with Gasteiger partial charge in [0.2, 0.25) is 5.91 Å². The van der Waals surface area contributed by atoms with E-state index in [1.54, 1.807) is 14.1 Å². The average molecular weight is 636 g/mol. The zero-order valence-electron chi connectivity index (χ0n) is 26.9. The molecule has 0 bridgehead atoms. The molecule has 1 aliphatic heterocycles. The first-order valence-electron chi connectivity index (χ1n) is 16.8. The Bertz CT molecular complexity index is 1660. The number of aromatic nitrogens is 4. The topological polar surface area (TPSA) is 169 Å². The van der Waals surface area contributed by atoms with E-state index >= 15 is 0 Å². The van der Waals surface area contributed by atoms with Crippen LogP contribution in [-0.2, 0) is 23.1 Å². The number of carbonyl (C=O) groups is 3. The molecular weight excluding hydrogens is 594 g/mol. The van der Waals surface area contributed by atoms with Gasteiger partial charge >= 0.3 is 0 Å². The Hall–Kier alpha value is -4.63. The minimum Gasteiger partial charge on any atom is -0.355 e. The Morgan fingerprint density at radius 1 is 1.00 bits per heavy atom. The van der Waals surface area contributed by atoms with Crippen LogP contribution in [0.15, 0.2) is 36.4 Å². The number of aryl methyl sites for hydroxylation is 2. The lowest BCUT2D eigenvalue weighted by Gasteiger charge is -2.39. The van der Waals surface area contributed by atoms with Crippen molar-refractivity contribution in [2.45, 2.75) is 81.3 Å². The molecule has 4 aliphatic rings. The molecule has 1 aromatic heterocycles. The van der Waals surface area contributed by atoms with Crippen LogP contribution in [0.1, 0.15) is 93.7 Å². The number of piperidine rings is 1. The van der Waals surface area contributed by atoms with Crippen LogP contribution < -0.4 is 16.0 Å². The van der Waals surface area contributed by atoms with Crippen LogP contribution in [0, 0.1) is 23.2 Å². The maximum Gasteiger partial charge on any atom is 0.251 e. The van der Waals surface area contributed by atoms with Gasteiger partial charge in [-0.1, -0.05) is 25.0 Å². The van der Waals surface area contributed by atoms with E-state index in [9.17, 15) is 19.6 Å². The summed E-state index contributed by atoms with van der Waals surface area (Å²) in [6, 6.07) is 13.8. The van der Waals surface area contributed by atoms with E-state index in [0.29, 0.717) is 48.0 Å². The number of nitriles is 1. The first-order chi connectivity index (χ1) is 22.9. The van der Waals surface area contributed by atoms with E-state index in [-0.39, 0.29) is 42.4 Å². The molecular formula is C35H41N9O3. The average Bonchev–Trinajstić information content (AvgIpc) is 3.52. The minimum atomic E-state index is -0.874. The van der Waals surface area contributed by atoms with Crippen molar-refractivity contribution in [1.29, 1.82) is 5.26 Å². The maximum atomic E-state index is 13.7. The summed E-state index contributed by atoms with van der Waals surface area (Å²) in [5.41, 5.74) is 4.28. The van der Waals surface area contributed by atoms with Gasteiger partial charge in [-0.15, -0.1) is 5.10 Å². The van der Waals surface area contributed by atoms with E-state index in [4.69, 9.17) is 0 Å². The fraction of sp³-hybridized carbons (Fsp3) is 0.514. The van der Waals surface area contributed by atoms with Crippen molar-refractivity contribution < 1.29 is 14.4 Å². The molecule has 7 rings (SSSR count). The summed E-state index contributed by atoms with van der Waals surface area (Å²) in [7, 11) is 3.25. The van der Waals surface area contributed by atoms with Crippen LogP contribution in [0.4, 0.5) is 0 Å². The van der Waals surface area contributed by atoms with Crippen LogP contribution in [-0.4, -0.2) is 82.0 Å². The van der Waals surface area contributed by atoms with Gasteiger partial charge in [-0.25, -0.2) is 5.10 Å². The van der Waals surface area contributed by atoms with Crippen molar-refractivity contribution in [2.24, 2.45) is 11.8 Å². The van der Waals surface area contributed by atoms with Crippen molar-refractivity contribution in [3.63, 3.8) is 0 Å². The molecule has 0 spiro atoms. The number of likely N-dealkylation sites (tertiary alicyclic amines) is 1. The Morgan fingerprint density at radius 3 is 2.19 bits per heavy atom. The first kappa shape index (κ1) is 31.0. The van der Waals surface area contributed by atoms with Crippen LogP contribution in [0.5, 0.6) is 0 Å². The zero-order valence-corrected chi connectivity index (χ0v) is 26.9. The largest absolute Gasteiger partial charge is 0.355 e. The molecule has 47 heavy (non-hydrogen) atoms. The SMILES string of the molecule is CNC(=O)c1ccc2c(c1)CCc1cc(C(=O)NC)ccc1C2(C[C@H](NCC(=O)N1C(C#N)C[C@@H]2C[C@@H]21)C1CCCC1)c1nnn[nH]1. The molecule has 2 saturated carbocycles. The Labute approximate surface area is 274 Å². The lowest BCUT2D eigenvalue weighted by Crippen LogP contribution is -2.49. The highest BCUT2D eigenvalue weighted by Crippen LogP contribution is 2.49. The van der Waals surface area contributed by atoms with Gasteiger partial charge in [0, 0.05) is 37.3 Å². The molecule has 0 radical (unpaired) electrons. The number of tetrazole rings is 1. The molecule has 12 nitrogen and oxygen atoms in total. The number of amides is 3. The highest BCUT2D eigenvalue weighted by Gasteiger charge is 2.54. The fourth-order valence-electron chi connectivity index (χ4n) is 8.67. The number of hydrogen-bond acceptors (Lipinski definition) is 8. The molecule has 2 aromatic carbocycles. The summed E-state index contributed by atoms with van der Waals surface area (Å²) in [6.45, 7) is 0.151. The molecule has 3 amide bonds. The predicted octanol–water partition coefficient (Wildman–Crippen LogP) is 2.40. The van der Waals surface area contributed by atoms with Gasteiger partial charge in [-0.2, -0.15) is 5.26 Å². The second-order valence-electron chi connectivity index (χ2n) is 13.5. The van der Waals surface area contributed by atoms with Gasteiger partial charge in [0.15, 0.2) is 5.82 Å². The van der Waals surface area contributed by atoms with Crippen molar-refractivity contribution in [2.75, 3.05) is 20.6 Å². The molecule has 2 heterocycles. The van der Waals surface area contributed by atoms with Crippen molar-refractivity contribution in [3.8, 4) is 6.07 Å². The quantitative estimate of drug-likeness (QED) is 0.278. The van der Waals surface area contributed by atoms with Crippen molar-refractivity contribution in [3.05, 3.63) is 75.6 Å². The lowest BCUT2D eigenvalue weighted by atomic mass is 9.66. The summed E-state index contributed by atoms with van der Waals surface area (Å²) in [6.07, 6.45) is 7.94. The monoisotopic (exact) mass is 635 g/mol. The second-order valence-corrected chi connectivity index (χ2v) is 13.5. The van der Waals surface area contributed by atoms with E-state index < -0.39 is 5.41 Å². The standard InChI is InChI=1S/C35H41N9O3/c1-37-32(46)23-9-11-27-21(13-23)7-8-22-14-24(33(47)38-2)10-12-28(22)35(27,34-40-42-43-41-34)17-29(20-5-3-4-6-20)39-19-31(45)44-26(18-36)15-25-16-30(25)44/h9-14,20,25-26,29-30,39H,3-8,15-17,19H2,1-2H3,(H,37,46)(H,38,47)(H,40,41,42,43)/t25-,26?,29+,30+/m1/s1. The van der Waals surface area contributed by atoms with Crippen molar-refractivity contribution in [1.82, 2.24) is 41.5 Å². The Balaban J connectivity index is 1.34. The third kappa shape index (κ3) is 5.46. The Kier molecular flexibility index (Phi) is 8.26. The van der Waals surface area contributed by atoms with E-state index in [2.05, 4.69) is 42.6 Å². The summed E-state index contributed by atoms with van der Waals surface area (Å²) >= 11 is 0. The predicted molar refractivity (Wildman–Crippen MR) is 172 cm³/mol. The number of aromatic amines is 1. The molecule has 3 fully saturated rings. The van der Waals surface area contributed by atoms with Crippen LogP contribution in [0.2, 0.25) is 0 Å². The van der Waals surface area contributed by atoms with Gasteiger partial charge in [0.05, 0.1) is 18.0 Å². The highest BCUT2D eigenvalue weighted by atomic mass is 16.2. The van der Waals surface area contributed by atoms with Crippen LogP contribution >= 0.6 is 0 Å². The molecule has 4 atom stereocenters. The van der Waals surface area contributed by atoms with E-state index in [1.807, 2.05) is 41.3 Å². The van der Waals surface area contributed by atoms with Gasteiger partial charge in [-0.05, 0) is 114 Å². The smallest absolute Gasteiger partial charge is 0.251 e. The molecule has 4 N–H and O–H groups in total. The molecule has 12 heteroatoms. The summed E-state index contributed by atoms with van der Waals surface area (Å²) in [5.74, 6) is 0.996. The second kappa shape index (κ2) is 12.5. The minimum absolute atomic E-state index is 0.0213. The number of hydrogen-bond donors (Lipinski definition) is 4. The fourth-order valence-corrected chi connectivity index (χ4v) is 8.67. The van der Waals surface area contributed by atoms with E-state index in [1.165, 1.54) is 0 Å². The molecule has 1 unspecified atom stereocenters. The number of nitrogens with zero attached hydrogens (tertiary/aromatic N) is 5. The number of carbonyl (C=O) groups excluding carboxylic acids is 3. The third-order valence-electron chi connectivity index (χ3n) is 11.1. The maximum absolute atomic E-state index is 13.7. The molecule has 3 aromatic rings. The Morgan fingerprint density at radius 2 is 1.64 bits per heavy atom. The molecule has 3 aliphatic carbocycles. The lowest BCUT2D eigenvalue weighted by molar-refractivity contribution is -0.131. The highest BCUT2D eigenvalue weighted by molar-refractivity contribution is 5.95. The van der Waals surface area contributed by atoms with Gasteiger partial charge < -0.3 is 20.9 Å². The summed E-state index contributed by atoms with van der Waals surface area (Å²) < 4.78 is 0. The summed E-state index contributed by atoms with van der Waals surface area (Å²) in [5, 5.41) is 34.7. The van der Waals surface area contributed by atoms with E-state index in [0.717, 1.165) is 60.8 Å². The summed E-state index contributed by atoms with van der Waals surface area (Å²) in [4.78, 5) is 41.0. The van der Waals surface area contributed by atoms with Crippen LogP contribution in [0.25, 0.3) is 0 Å². The van der Waals surface area contributed by atoms with Gasteiger partial charge in [0.25, 0.3) is 11.8 Å². The molecule has 244 valence electrons. The third-order valence-corrected chi connectivity index (χ3v) is 11.1. The number of fused-ring (bicyclic) bond motifs is 3. The number of benzene rings is 2. The van der Waals surface area contributed by atoms with Crippen LogP contribution in [0.3, 0.4) is 0 Å². The molecule has 1 saturated heterocycles. The normalized spacial score (nSPS) is 23.1. The first-order valence-corrected chi connectivity index (χ1v) is 16.8. The number of nitrogens with one attached hydrogen (secondary N) is 4. The zero-order chi connectivity index (χ0) is 32.7. The number of rotatable bonds is 9.